The van der Waals surface area contributed by atoms with Gasteiger partial charge >= 0.3 is 5.97 Å². The van der Waals surface area contributed by atoms with Crippen molar-refractivity contribution in [2.75, 3.05) is 7.11 Å². The molecule has 1 heterocycles. The molecule has 0 saturated heterocycles. The van der Waals surface area contributed by atoms with E-state index < -0.39 is 5.97 Å². The van der Waals surface area contributed by atoms with Crippen molar-refractivity contribution in [1.29, 1.82) is 0 Å². The lowest BCUT2D eigenvalue weighted by atomic mass is 10.2. The fourth-order valence-electron chi connectivity index (χ4n) is 1.19. The molecule has 0 bridgehead atoms. The number of ether oxygens (including phenoxy) is 2. The number of aromatic nitrogens is 2. The molecule has 2 rings (SSSR count). The summed E-state index contributed by atoms with van der Waals surface area (Å²) in [4.78, 5) is 11.0. The topological polar surface area (TPSA) is 81.5 Å². The van der Waals surface area contributed by atoms with Gasteiger partial charge < -0.3 is 14.6 Å². The Hall–Kier alpha value is -2.15. The minimum absolute atomic E-state index is 0.0426. The van der Waals surface area contributed by atoms with Crippen molar-refractivity contribution in [3.05, 3.63) is 29.3 Å². The van der Waals surface area contributed by atoms with Crippen LogP contribution in [0.5, 0.6) is 16.7 Å². The fourth-order valence-corrected chi connectivity index (χ4v) is 1.61. The summed E-state index contributed by atoms with van der Waals surface area (Å²) in [6.07, 6.45) is 0. The molecule has 88 valence electrons. The van der Waals surface area contributed by atoms with E-state index in [9.17, 15) is 4.79 Å². The predicted molar refractivity (Wildman–Crippen MR) is 59.9 cm³/mol. The van der Waals surface area contributed by atoms with Crippen molar-refractivity contribution in [3.63, 3.8) is 0 Å². The lowest BCUT2D eigenvalue weighted by Gasteiger charge is -2.07. The molecule has 0 amide bonds. The molecule has 0 radical (unpaired) electrons. The SMILES string of the molecule is COc1ccc(C(=O)O)c(Oc2nncs2)c1. The van der Waals surface area contributed by atoms with Gasteiger partial charge in [-0.15, -0.1) is 5.10 Å². The first-order valence-corrected chi connectivity index (χ1v) is 5.44. The molecule has 0 saturated carbocycles. The van der Waals surface area contributed by atoms with Crippen molar-refractivity contribution in [3.8, 4) is 16.7 Å². The zero-order chi connectivity index (χ0) is 12.3. The molecule has 6 nitrogen and oxygen atoms in total. The van der Waals surface area contributed by atoms with Gasteiger partial charge in [0.25, 0.3) is 5.19 Å². The maximum absolute atomic E-state index is 11.0. The Morgan fingerprint density at radius 1 is 1.47 bits per heavy atom. The zero-order valence-electron chi connectivity index (χ0n) is 8.78. The minimum Gasteiger partial charge on any atom is -0.497 e. The van der Waals surface area contributed by atoms with E-state index in [0.717, 1.165) is 0 Å². The number of hydrogen-bond donors (Lipinski definition) is 1. The van der Waals surface area contributed by atoms with E-state index in [2.05, 4.69) is 10.2 Å². The summed E-state index contributed by atoms with van der Waals surface area (Å²) in [5, 5.41) is 16.6. The normalized spacial score (nSPS) is 9.94. The highest BCUT2D eigenvalue weighted by atomic mass is 32.1. The van der Waals surface area contributed by atoms with Crippen molar-refractivity contribution in [1.82, 2.24) is 10.2 Å². The van der Waals surface area contributed by atoms with Crippen LogP contribution in [-0.2, 0) is 0 Å². The number of nitrogens with zero attached hydrogens (tertiary/aromatic N) is 2. The van der Waals surface area contributed by atoms with Gasteiger partial charge in [0.15, 0.2) is 0 Å². The number of hydrogen-bond acceptors (Lipinski definition) is 6. The Bertz CT molecular complexity index is 527. The maximum atomic E-state index is 11.0. The van der Waals surface area contributed by atoms with E-state index in [1.165, 1.54) is 36.1 Å². The number of carboxylic acid groups (broad SMARTS) is 1. The summed E-state index contributed by atoms with van der Waals surface area (Å²) in [6.45, 7) is 0. The van der Waals surface area contributed by atoms with Crippen LogP contribution in [0, 0.1) is 0 Å². The molecule has 0 atom stereocenters. The highest BCUT2D eigenvalue weighted by Crippen LogP contribution is 2.29. The van der Waals surface area contributed by atoms with Gasteiger partial charge in [-0.3, -0.25) is 0 Å². The molecule has 1 aromatic heterocycles. The van der Waals surface area contributed by atoms with Gasteiger partial charge in [0.05, 0.1) is 7.11 Å². The number of carboxylic acids is 1. The predicted octanol–water partition coefficient (Wildman–Crippen LogP) is 2.04. The molecule has 1 aromatic carbocycles. The highest BCUT2D eigenvalue weighted by Gasteiger charge is 2.14. The van der Waals surface area contributed by atoms with Crippen molar-refractivity contribution >= 4 is 17.3 Å². The average molecular weight is 252 g/mol. The summed E-state index contributed by atoms with van der Waals surface area (Å²) in [6, 6.07) is 4.46. The molecular weight excluding hydrogens is 244 g/mol. The third-order valence-corrected chi connectivity index (χ3v) is 2.52. The van der Waals surface area contributed by atoms with E-state index in [1.807, 2.05) is 0 Å². The van der Waals surface area contributed by atoms with Gasteiger partial charge in [-0.25, -0.2) is 4.79 Å². The number of aromatic carboxylic acids is 1. The third-order valence-electron chi connectivity index (χ3n) is 1.96. The van der Waals surface area contributed by atoms with Crippen molar-refractivity contribution in [2.45, 2.75) is 0 Å². The number of methoxy groups -OCH3 is 1. The van der Waals surface area contributed by atoms with Crippen LogP contribution in [0.3, 0.4) is 0 Å². The van der Waals surface area contributed by atoms with Crippen LogP contribution in [0.25, 0.3) is 0 Å². The van der Waals surface area contributed by atoms with E-state index in [-0.39, 0.29) is 16.5 Å². The summed E-state index contributed by atoms with van der Waals surface area (Å²) < 4.78 is 10.3. The Labute approximate surface area is 100 Å². The number of benzene rings is 1. The molecule has 0 aliphatic rings. The Morgan fingerprint density at radius 3 is 2.88 bits per heavy atom. The molecule has 2 aromatic rings. The Morgan fingerprint density at radius 2 is 2.29 bits per heavy atom. The lowest BCUT2D eigenvalue weighted by Crippen LogP contribution is -2.00. The molecular formula is C10H8N2O4S. The summed E-state index contributed by atoms with van der Waals surface area (Å²) in [5.41, 5.74) is 1.54. The van der Waals surface area contributed by atoms with Gasteiger partial charge in [-0.1, -0.05) is 16.4 Å². The molecule has 0 spiro atoms. The zero-order valence-corrected chi connectivity index (χ0v) is 9.60. The molecule has 0 aliphatic heterocycles. The van der Waals surface area contributed by atoms with Crippen molar-refractivity contribution in [2.24, 2.45) is 0 Å². The highest BCUT2D eigenvalue weighted by molar-refractivity contribution is 7.11. The Balaban J connectivity index is 2.38. The summed E-state index contributed by atoms with van der Waals surface area (Å²) in [7, 11) is 1.49. The first kappa shape index (κ1) is 11.3. The van der Waals surface area contributed by atoms with E-state index >= 15 is 0 Å². The first-order valence-electron chi connectivity index (χ1n) is 4.56. The smallest absolute Gasteiger partial charge is 0.339 e. The molecule has 7 heteroatoms. The van der Waals surface area contributed by atoms with E-state index in [0.29, 0.717) is 5.75 Å². The average Bonchev–Trinajstić information content (AvgIpc) is 2.81. The van der Waals surface area contributed by atoms with Crippen LogP contribution in [0.2, 0.25) is 0 Å². The maximum Gasteiger partial charge on any atom is 0.339 e. The standard InChI is InChI=1S/C10H8N2O4S/c1-15-6-2-3-7(9(13)14)8(4-6)16-10-12-11-5-17-10/h2-5H,1H3,(H,13,14). The van der Waals surface area contributed by atoms with Crippen LogP contribution in [0.1, 0.15) is 10.4 Å². The Kier molecular flexibility index (Phi) is 3.20. The van der Waals surface area contributed by atoms with Gasteiger partial charge in [0.1, 0.15) is 22.6 Å². The summed E-state index contributed by atoms with van der Waals surface area (Å²) >= 11 is 1.17. The molecule has 0 unspecified atom stereocenters. The van der Waals surface area contributed by atoms with Gasteiger partial charge in [0.2, 0.25) is 0 Å². The second kappa shape index (κ2) is 4.79. The van der Waals surface area contributed by atoms with Crippen LogP contribution >= 0.6 is 11.3 Å². The van der Waals surface area contributed by atoms with Crippen LogP contribution in [0.4, 0.5) is 0 Å². The second-order valence-corrected chi connectivity index (χ2v) is 3.77. The van der Waals surface area contributed by atoms with Crippen LogP contribution in [0.15, 0.2) is 23.7 Å². The van der Waals surface area contributed by atoms with E-state index in [1.54, 1.807) is 6.07 Å². The molecule has 0 aliphatic carbocycles. The van der Waals surface area contributed by atoms with Gasteiger partial charge in [-0.2, -0.15) is 0 Å². The van der Waals surface area contributed by atoms with Gasteiger partial charge in [-0.05, 0) is 12.1 Å². The lowest BCUT2D eigenvalue weighted by molar-refractivity contribution is 0.0694. The molecule has 0 fully saturated rings. The quantitative estimate of drug-likeness (QED) is 0.896. The first-order chi connectivity index (χ1) is 8.20. The largest absolute Gasteiger partial charge is 0.497 e. The van der Waals surface area contributed by atoms with Crippen LogP contribution in [-0.4, -0.2) is 28.4 Å². The third kappa shape index (κ3) is 2.51. The van der Waals surface area contributed by atoms with Crippen molar-refractivity contribution < 1.29 is 19.4 Å². The fraction of sp³-hybridized carbons (Fsp3) is 0.100. The van der Waals surface area contributed by atoms with Gasteiger partial charge in [0, 0.05) is 6.07 Å². The number of carbonyl (C=O) groups is 1. The molecule has 17 heavy (non-hydrogen) atoms. The van der Waals surface area contributed by atoms with Crippen LogP contribution < -0.4 is 9.47 Å². The van der Waals surface area contributed by atoms with E-state index in [4.69, 9.17) is 14.6 Å². The molecule has 1 N–H and O–H groups in total. The second-order valence-electron chi connectivity index (χ2n) is 2.97. The monoisotopic (exact) mass is 252 g/mol. The minimum atomic E-state index is -1.08. The number of rotatable bonds is 4. The summed E-state index contributed by atoms with van der Waals surface area (Å²) in [5.74, 6) is -0.393.